The molecule has 1 aromatic heterocycles. The first-order valence-corrected chi connectivity index (χ1v) is 10.2. The molecule has 0 radical (unpaired) electrons. The zero-order chi connectivity index (χ0) is 20.2. The molecular formula is C22H15ClFN3OS. The van der Waals surface area contributed by atoms with Crippen molar-refractivity contribution in [3.05, 3.63) is 83.6 Å². The van der Waals surface area contributed by atoms with E-state index < -0.39 is 5.82 Å². The van der Waals surface area contributed by atoms with Crippen LogP contribution in [0.4, 0.5) is 10.1 Å². The Morgan fingerprint density at radius 3 is 2.55 bits per heavy atom. The van der Waals surface area contributed by atoms with Crippen molar-refractivity contribution in [2.24, 2.45) is 0 Å². The molecule has 0 saturated carbocycles. The van der Waals surface area contributed by atoms with Gasteiger partial charge in [-0.25, -0.2) is 14.4 Å². The van der Waals surface area contributed by atoms with Gasteiger partial charge in [0.2, 0.25) is 5.91 Å². The summed E-state index contributed by atoms with van der Waals surface area (Å²) in [4.78, 5) is 21.7. The standard InChI is InChI=1S/C22H15ClFN3OS/c23-17-12-15(10-11-18(17)24)25-20(28)13-29-22-16-8-4-5-9-19(16)26-21(27-22)14-6-2-1-3-7-14/h1-12H,13H2,(H,25,28). The number of nitrogens with zero attached hydrogens (tertiary/aromatic N) is 2. The molecule has 0 saturated heterocycles. The molecule has 0 bridgehead atoms. The Morgan fingerprint density at radius 1 is 1.00 bits per heavy atom. The predicted molar refractivity (Wildman–Crippen MR) is 116 cm³/mol. The number of carbonyl (C=O) groups excluding carboxylic acids is 1. The summed E-state index contributed by atoms with van der Waals surface area (Å²) in [5.74, 6) is -0.0105. The molecule has 0 aliphatic carbocycles. The zero-order valence-corrected chi connectivity index (χ0v) is 16.7. The normalized spacial score (nSPS) is 10.8. The van der Waals surface area contributed by atoms with Crippen molar-refractivity contribution in [2.45, 2.75) is 5.03 Å². The second-order valence-electron chi connectivity index (χ2n) is 6.20. The summed E-state index contributed by atoms with van der Waals surface area (Å²) in [7, 11) is 0. The molecule has 1 amide bonds. The molecule has 0 aliphatic heterocycles. The Balaban J connectivity index is 1.56. The van der Waals surface area contributed by atoms with Crippen molar-refractivity contribution < 1.29 is 9.18 Å². The molecule has 7 heteroatoms. The van der Waals surface area contributed by atoms with Crippen LogP contribution < -0.4 is 5.32 Å². The number of hydrogen-bond donors (Lipinski definition) is 1. The molecule has 3 aromatic carbocycles. The Morgan fingerprint density at radius 2 is 1.76 bits per heavy atom. The maximum absolute atomic E-state index is 13.3. The van der Waals surface area contributed by atoms with Gasteiger partial charge in [-0.1, -0.05) is 71.9 Å². The molecule has 1 N–H and O–H groups in total. The molecule has 144 valence electrons. The molecule has 4 nitrogen and oxygen atoms in total. The van der Waals surface area contributed by atoms with Crippen molar-refractivity contribution in [1.82, 2.24) is 9.97 Å². The minimum atomic E-state index is -0.528. The smallest absolute Gasteiger partial charge is 0.234 e. The third-order valence-corrected chi connectivity index (χ3v) is 5.42. The number of rotatable bonds is 5. The minimum absolute atomic E-state index is 0.0373. The van der Waals surface area contributed by atoms with Gasteiger partial charge in [0.1, 0.15) is 10.8 Å². The molecular weight excluding hydrogens is 409 g/mol. The van der Waals surface area contributed by atoms with Crippen LogP contribution in [-0.2, 0) is 4.79 Å². The summed E-state index contributed by atoms with van der Waals surface area (Å²) < 4.78 is 13.3. The molecule has 0 spiro atoms. The largest absolute Gasteiger partial charge is 0.325 e. The molecule has 0 aliphatic rings. The second kappa shape index (κ2) is 8.59. The molecule has 0 fully saturated rings. The van der Waals surface area contributed by atoms with Crippen LogP contribution in [0.1, 0.15) is 0 Å². The highest BCUT2D eigenvalue weighted by atomic mass is 35.5. The van der Waals surface area contributed by atoms with E-state index in [0.29, 0.717) is 11.5 Å². The van der Waals surface area contributed by atoms with Crippen LogP contribution in [0, 0.1) is 5.82 Å². The first-order chi connectivity index (χ1) is 14.1. The van der Waals surface area contributed by atoms with E-state index in [4.69, 9.17) is 11.6 Å². The van der Waals surface area contributed by atoms with E-state index in [1.807, 2.05) is 54.6 Å². The number of thioether (sulfide) groups is 1. The lowest BCUT2D eigenvalue weighted by Gasteiger charge is -2.09. The summed E-state index contributed by atoms with van der Waals surface area (Å²) in [5, 5.41) is 4.29. The Bertz CT molecular complexity index is 1190. The number of aromatic nitrogens is 2. The average molecular weight is 424 g/mol. The van der Waals surface area contributed by atoms with Crippen LogP contribution in [0.25, 0.3) is 22.3 Å². The second-order valence-corrected chi connectivity index (χ2v) is 7.57. The van der Waals surface area contributed by atoms with Gasteiger partial charge in [0, 0.05) is 16.6 Å². The number of halogens is 2. The number of benzene rings is 3. The van der Waals surface area contributed by atoms with Crippen LogP contribution in [0.2, 0.25) is 5.02 Å². The van der Waals surface area contributed by atoms with E-state index in [1.54, 1.807) is 0 Å². The number of anilines is 1. The number of para-hydroxylation sites is 1. The molecule has 0 unspecified atom stereocenters. The molecule has 0 atom stereocenters. The highest BCUT2D eigenvalue weighted by molar-refractivity contribution is 8.00. The van der Waals surface area contributed by atoms with E-state index in [0.717, 1.165) is 21.5 Å². The SMILES string of the molecule is O=C(CSc1nc(-c2ccccc2)nc2ccccc12)Nc1ccc(F)c(Cl)c1. The van der Waals surface area contributed by atoms with Crippen LogP contribution in [0.3, 0.4) is 0 Å². The minimum Gasteiger partial charge on any atom is -0.325 e. The third kappa shape index (κ3) is 4.55. The van der Waals surface area contributed by atoms with Gasteiger partial charge in [-0.05, 0) is 24.3 Å². The molecule has 4 rings (SSSR count). The summed E-state index contributed by atoms with van der Waals surface area (Å²) in [6, 6.07) is 21.5. The summed E-state index contributed by atoms with van der Waals surface area (Å²) in [5.41, 5.74) is 2.17. The predicted octanol–water partition coefficient (Wildman–Crippen LogP) is 5.82. The van der Waals surface area contributed by atoms with Gasteiger partial charge < -0.3 is 5.32 Å². The van der Waals surface area contributed by atoms with E-state index in [9.17, 15) is 9.18 Å². The van der Waals surface area contributed by atoms with Gasteiger partial charge in [-0.2, -0.15) is 0 Å². The van der Waals surface area contributed by atoms with Crippen LogP contribution >= 0.6 is 23.4 Å². The highest BCUT2D eigenvalue weighted by Gasteiger charge is 2.12. The van der Waals surface area contributed by atoms with Gasteiger partial charge in [-0.3, -0.25) is 4.79 Å². The van der Waals surface area contributed by atoms with E-state index in [2.05, 4.69) is 15.3 Å². The number of carbonyl (C=O) groups is 1. The monoisotopic (exact) mass is 423 g/mol. The van der Waals surface area contributed by atoms with Crippen molar-refractivity contribution in [1.29, 1.82) is 0 Å². The lowest BCUT2D eigenvalue weighted by molar-refractivity contribution is -0.113. The fourth-order valence-corrected chi connectivity index (χ4v) is 3.78. The summed E-state index contributed by atoms with van der Waals surface area (Å²) >= 11 is 7.09. The number of hydrogen-bond acceptors (Lipinski definition) is 4. The zero-order valence-electron chi connectivity index (χ0n) is 15.1. The van der Waals surface area contributed by atoms with Gasteiger partial charge in [-0.15, -0.1) is 0 Å². The maximum atomic E-state index is 13.3. The Kier molecular flexibility index (Phi) is 5.74. The fourth-order valence-electron chi connectivity index (χ4n) is 2.78. The maximum Gasteiger partial charge on any atom is 0.234 e. The summed E-state index contributed by atoms with van der Waals surface area (Å²) in [6.45, 7) is 0. The molecule has 29 heavy (non-hydrogen) atoms. The molecule has 4 aromatic rings. The summed E-state index contributed by atoms with van der Waals surface area (Å²) in [6.07, 6.45) is 0. The third-order valence-electron chi connectivity index (χ3n) is 4.14. The van der Waals surface area contributed by atoms with E-state index in [1.165, 1.54) is 30.0 Å². The van der Waals surface area contributed by atoms with Crippen molar-refractivity contribution in [2.75, 3.05) is 11.1 Å². The first kappa shape index (κ1) is 19.4. The average Bonchev–Trinajstić information content (AvgIpc) is 2.75. The van der Waals surface area contributed by atoms with Gasteiger partial charge in [0.15, 0.2) is 5.82 Å². The Hall–Kier alpha value is -2.96. The number of amides is 1. The van der Waals surface area contributed by atoms with Crippen LogP contribution in [0.5, 0.6) is 0 Å². The fraction of sp³-hybridized carbons (Fsp3) is 0.0455. The lowest BCUT2D eigenvalue weighted by Crippen LogP contribution is -2.14. The van der Waals surface area contributed by atoms with Crippen molar-refractivity contribution in [3.8, 4) is 11.4 Å². The van der Waals surface area contributed by atoms with Gasteiger partial charge >= 0.3 is 0 Å². The van der Waals surface area contributed by atoms with E-state index in [-0.39, 0.29) is 16.7 Å². The Labute approximate surface area is 176 Å². The topological polar surface area (TPSA) is 54.9 Å². The number of fused-ring (bicyclic) bond motifs is 1. The van der Waals surface area contributed by atoms with Crippen LogP contribution in [-0.4, -0.2) is 21.6 Å². The highest BCUT2D eigenvalue weighted by Crippen LogP contribution is 2.28. The first-order valence-electron chi connectivity index (χ1n) is 8.80. The van der Waals surface area contributed by atoms with Gasteiger partial charge in [0.05, 0.1) is 16.3 Å². The quantitative estimate of drug-likeness (QED) is 0.324. The number of nitrogens with one attached hydrogen (secondary N) is 1. The van der Waals surface area contributed by atoms with Crippen LogP contribution in [0.15, 0.2) is 77.8 Å². The van der Waals surface area contributed by atoms with Gasteiger partial charge in [0.25, 0.3) is 0 Å². The van der Waals surface area contributed by atoms with Crippen molar-refractivity contribution >= 4 is 45.9 Å². The van der Waals surface area contributed by atoms with E-state index >= 15 is 0 Å². The molecule has 1 heterocycles. The van der Waals surface area contributed by atoms with Crippen molar-refractivity contribution in [3.63, 3.8) is 0 Å². The lowest BCUT2D eigenvalue weighted by atomic mass is 10.2.